The van der Waals surface area contributed by atoms with E-state index in [-0.39, 0.29) is 12.7 Å². The van der Waals surface area contributed by atoms with Gasteiger partial charge in [0.1, 0.15) is 17.5 Å². The Morgan fingerprint density at radius 2 is 1.97 bits per heavy atom. The number of hydrogen-bond donors (Lipinski definition) is 2. The molecule has 0 spiro atoms. The molecule has 0 bridgehead atoms. The lowest BCUT2D eigenvalue weighted by Gasteiger charge is -2.09. The predicted molar refractivity (Wildman–Crippen MR) is 109 cm³/mol. The number of benzene rings is 1. The highest BCUT2D eigenvalue weighted by Gasteiger charge is 2.12. The molecular weight excluding hydrogens is 370 g/mol. The smallest absolute Gasteiger partial charge is 0.244 e. The maximum Gasteiger partial charge on any atom is 0.244 e. The SMILES string of the molecule is Cc1nc(NCCNC(=O)/C=C/c2ccc3c(c2)OCO3)cc(-n2cccc2)n1. The summed E-state index contributed by atoms with van der Waals surface area (Å²) >= 11 is 0. The molecule has 1 aliphatic heterocycles. The molecule has 3 aromatic rings. The van der Waals surface area contributed by atoms with E-state index in [2.05, 4.69) is 20.6 Å². The monoisotopic (exact) mass is 391 g/mol. The third-order valence-corrected chi connectivity index (χ3v) is 4.25. The van der Waals surface area contributed by atoms with Crippen LogP contribution < -0.4 is 20.1 Å². The number of carbonyl (C=O) groups is 1. The Bertz CT molecular complexity index is 1030. The molecule has 0 atom stereocenters. The Balaban J connectivity index is 1.26. The summed E-state index contributed by atoms with van der Waals surface area (Å²) in [7, 11) is 0. The number of rotatable bonds is 7. The Morgan fingerprint density at radius 1 is 1.14 bits per heavy atom. The van der Waals surface area contributed by atoms with E-state index in [4.69, 9.17) is 9.47 Å². The van der Waals surface area contributed by atoms with Crippen molar-refractivity contribution in [2.45, 2.75) is 6.92 Å². The molecule has 0 unspecified atom stereocenters. The number of anilines is 1. The largest absolute Gasteiger partial charge is 0.454 e. The molecule has 1 amide bonds. The van der Waals surface area contributed by atoms with Crippen LogP contribution in [0, 0.1) is 6.92 Å². The molecule has 1 aromatic carbocycles. The van der Waals surface area contributed by atoms with Crippen LogP contribution in [0.4, 0.5) is 5.82 Å². The van der Waals surface area contributed by atoms with E-state index in [1.54, 1.807) is 6.08 Å². The number of aryl methyl sites for hydroxylation is 1. The van der Waals surface area contributed by atoms with Crippen LogP contribution in [-0.4, -0.2) is 40.3 Å². The lowest BCUT2D eigenvalue weighted by Crippen LogP contribution is -2.27. The van der Waals surface area contributed by atoms with Crippen LogP contribution in [0.1, 0.15) is 11.4 Å². The van der Waals surface area contributed by atoms with Gasteiger partial charge in [-0.25, -0.2) is 9.97 Å². The highest BCUT2D eigenvalue weighted by atomic mass is 16.7. The van der Waals surface area contributed by atoms with Crippen molar-refractivity contribution in [2.24, 2.45) is 0 Å². The fourth-order valence-corrected chi connectivity index (χ4v) is 2.89. The van der Waals surface area contributed by atoms with Gasteiger partial charge in [0.05, 0.1) is 0 Å². The number of ether oxygens (including phenoxy) is 2. The van der Waals surface area contributed by atoms with Crippen LogP contribution in [0.2, 0.25) is 0 Å². The van der Waals surface area contributed by atoms with Gasteiger partial charge in [0.25, 0.3) is 0 Å². The van der Waals surface area contributed by atoms with Gasteiger partial charge in [0, 0.05) is 37.6 Å². The van der Waals surface area contributed by atoms with Gasteiger partial charge in [0.15, 0.2) is 11.5 Å². The first-order valence-electron chi connectivity index (χ1n) is 9.26. The Hall–Kier alpha value is -3.81. The summed E-state index contributed by atoms with van der Waals surface area (Å²) in [4.78, 5) is 20.8. The summed E-state index contributed by atoms with van der Waals surface area (Å²) in [6.07, 6.45) is 7.09. The number of nitrogens with zero attached hydrogens (tertiary/aromatic N) is 3. The molecule has 0 fully saturated rings. The van der Waals surface area contributed by atoms with Gasteiger partial charge in [-0.15, -0.1) is 0 Å². The van der Waals surface area contributed by atoms with Crippen LogP contribution in [-0.2, 0) is 4.79 Å². The molecule has 1 aliphatic rings. The van der Waals surface area contributed by atoms with Crippen molar-refractivity contribution in [1.29, 1.82) is 0 Å². The molecule has 29 heavy (non-hydrogen) atoms. The maximum atomic E-state index is 12.0. The van der Waals surface area contributed by atoms with Gasteiger partial charge in [-0.1, -0.05) is 6.07 Å². The summed E-state index contributed by atoms with van der Waals surface area (Å²) in [6.45, 7) is 3.09. The van der Waals surface area contributed by atoms with Crippen LogP contribution in [0.3, 0.4) is 0 Å². The minimum atomic E-state index is -0.170. The molecule has 0 saturated heterocycles. The van der Waals surface area contributed by atoms with E-state index in [1.165, 1.54) is 6.08 Å². The molecule has 4 rings (SSSR count). The molecule has 8 heteroatoms. The Labute approximate surface area is 168 Å². The lowest BCUT2D eigenvalue weighted by atomic mass is 10.2. The molecule has 0 saturated carbocycles. The fraction of sp³-hybridized carbons (Fsp3) is 0.190. The maximum absolute atomic E-state index is 12.0. The molecule has 2 N–H and O–H groups in total. The molecule has 8 nitrogen and oxygen atoms in total. The summed E-state index contributed by atoms with van der Waals surface area (Å²) in [5.74, 6) is 3.42. The second-order valence-electron chi connectivity index (χ2n) is 6.41. The van der Waals surface area contributed by atoms with Crippen LogP contribution in [0.25, 0.3) is 11.9 Å². The fourth-order valence-electron chi connectivity index (χ4n) is 2.89. The standard InChI is InChI=1S/C21H21N5O3/c1-15-24-19(13-20(25-15)26-10-2-3-11-26)22-8-9-23-21(27)7-5-16-4-6-17-18(12-16)29-14-28-17/h2-7,10-13H,8-9,14H2,1H3,(H,23,27)(H,22,24,25)/b7-5+. The zero-order chi connectivity index (χ0) is 20.1. The molecule has 148 valence electrons. The van der Waals surface area contributed by atoms with Crippen molar-refractivity contribution in [1.82, 2.24) is 19.9 Å². The number of amides is 1. The molecule has 3 heterocycles. The van der Waals surface area contributed by atoms with Gasteiger partial charge in [-0.2, -0.15) is 0 Å². The zero-order valence-corrected chi connectivity index (χ0v) is 16.0. The number of fused-ring (bicyclic) bond motifs is 1. The van der Waals surface area contributed by atoms with Crippen molar-refractivity contribution in [3.8, 4) is 17.3 Å². The highest BCUT2D eigenvalue weighted by Crippen LogP contribution is 2.32. The quantitative estimate of drug-likeness (QED) is 0.475. The van der Waals surface area contributed by atoms with E-state index >= 15 is 0 Å². The summed E-state index contributed by atoms with van der Waals surface area (Å²) in [5.41, 5.74) is 0.872. The number of nitrogens with one attached hydrogen (secondary N) is 2. The van der Waals surface area contributed by atoms with E-state index < -0.39 is 0 Å². The van der Waals surface area contributed by atoms with Crippen LogP contribution in [0.15, 0.2) is 54.9 Å². The third-order valence-electron chi connectivity index (χ3n) is 4.25. The van der Waals surface area contributed by atoms with Crippen molar-refractivity contribution in [3.05, 3.63) is 66.3 Å². The molecule has 2 aromatic heterocycles. The average Bonchev–Trinajstić information content (AvgIpc) is 3.40. The molecular formula is C21H21N5O3. The zero-order valence-electron chi connectivity index (χ0n) is 16.0. The third kappa shape index (κ3) is 4.73. The highest BCUT2D eigenvalue weighted by molar-refractivity contribution is 5.91. The van der Waals surface area contributed by atoms with Crippen LogP contribution >= 0.6 is 0 Å². The van der Waals surface area contributed by atoms with E-state index in [1.807, 2.05) is 60.3 Å². The first-order valence-corrected chi connectivity index (χ1v) is 9.26. The molecule has 0 aliphatic carbocycles. The summed E-state index contributed by atoms with van der Waals surface area (Å²) < 4.78 is 12.5. The van der Waals surface area contributed by atoms with Crippen molar-refractivity contribution >= 4 is 17.8 Å². The number of carbonyl (C=O) groups excluding carboxylic acids is 1. The minimum Gasteiger partial charge on any atom is -0.454 e. The topological polar surface area (TPSA) is 90.3 Å². The van der Waals surface area contributed by atoms with E-state index in [9.17, 15) is 4.79 Å². The normalized spacial score (nSPS) is 12.3. The van der Waals surface area contributed by atoms with E-state index in [0.29, 0.717) is 30.5 Å². The van der Waals surface area contributed by atoms with Crippen molar-refractivity contribution < 1.29 is 14.3 Å². The lowest BCUT2D eigenvalue weighted by molar-refractivity contribution is -0.116. The van der Waals surface area contributed by atoms with Crippen molar-refractivity contribution in [3.63, 3.8) is 0 Å². The number of aromatic nitrogens is 3. The van der Waals surface area contributed by atoms with Gasteiger partial charge < -0.3 is 24.7 Å². The first-order chi connectivity index (χ1) is 14.2. The second kappa shape index (κ2) is 8.47. The van der Waals surface area contributed by atoms with Crippen molar-refractivity contribution in [2.75, 3.05) is 25.2 Å². The average molecular weight is 391 g/mol. The van der Waals surface area contributed by atoms with Crippen LogP contribution in [0.5, 0.6) is 11.5 Å². The minimum absolute atomic E-state index is 0.170. The summed E-state index contributed by atoms with van der Waals surface area (Å²) in [5, 5.41) is 6.05. The second-order valence-corrected chi connectivity index (χ2v) is 6.41. The van der Waals surface area contributed by atoms with E-state index in [0.717, 1.165) is 17.1 Å². The first kappa shape index (κ1) is 18.5. The number of hydrogen-bond acceptors (Lipinski definition) is 6. The van der Waals surface area contributed by atoms with Gasteiger partial charge >= 0.3 is 0 Å². The Kier molecular flexibility index (Phi) is 5.42. The predicted octanol–water partition coefficient (Wildman–Crippen LogP) is 2.55. The van der Waals surface area contributed by atoms with Gasteiger partial charge in [0.2, 0.25) is 12.7 Å². The molecule has 0 radical (unpaired) electrons. The van der Waals surface area contributed by atoms with Gasteiger partial charge in [-0.05, 0) is 42.8 Å². The summed E-state index contributed by atoms with van der Waals surface area (Å²) in [6, 6.07) is 11.3. The van der Waals surface area contributed by atoms with Gasteiger partial charge in [-0.3, -0.25) is 4.79 Å². The Morgan fingerprint density at radius 3 is 2.83 bits per heavy atom.